The summed E-state index contributed by atoms with van der Waals surface area (Å²) in [6.45, 7) is 0. The van der Waals surface area contributed by atoms with Crippen LogP contribution >= 0.6 is 0 Å². The van der Waals surface area contributed by atoms with Crippen molar-refractivity contribution >= 4 is 5.84 Å². The lowest BCUT2D eigenvalue weighted by Crippen LogP contribution is -2.36. The van der Waals surface area contributed by atoms with Crippen LogP contribution in [-0.2, 0) is 6.18 Å². The molecular weight excluding hydrogens is 328 g/mol. The van der Waals surface area contributed by atoms with Crippen LogP contribution in [-0.4, -0.2) is 16.9 Å². The molecule has 2 aromatic carbocycles. The van der Waals surface area contributed by atoms with Gasteiger partial charge in [-0.3, -0.25) is 0 Å². The first-order valence-corrected chi connectivity index (χ1v) is 6.88. The van der Waals surface area contributed by atoms with Crippen LogP contribution in [0.1, 0.15) is 22.9 Å². The van der Waals surface area contributed by atoms with Crippen LogP contribution in [0.25, 0.3) is 0 Å². The summed E-state index contributed by atoms with van der Waals surface area (Å²) >= 11 is 0. The largest absolute Gasteiger partial charge is 0.440 e. The number of aliphatic hydroxyl groups is 1. The van der Waals surface area contributed by atoms with Crippen LogP contribution in [0.15, 0.2) is 53.5 Å². The highest BCUT2D eigenvalue weighted by Gasteiger charge is 2.50. The fraction of sp³-hybridized carbons (Fsp3) is 0.188. The summed E-state index contributed by atoms with van der Waals surface area (Å²) in [6.07, 6.45) is -6.95. The third kappa shape index (κ3) is 2.80. The van der Waals surface area contributed by atoms with Crippen LogP contribution in [0.3, 0.4) is 0 Å². The zero-order chi connectivity index (χ0) is 17.5. The molecular formula is C16H12F4N2O2. The van der Waals surface area contributed by atoms with Gasteiger partial charge in [0.05, 0.1) is 5.56 Å². The standard InChI is InChI=1S/C16H12F4N2O2/c17-13-11-8-10(15(18,19)20)6-7-12(11)24-16(13,23)22-14(21)9-4-2-1-3-5-9/h1-8,13,23H,(H2,21,22). The quantitative estimate of drug-likeness (QED) is 0.501. The Bertz CT molecular complexity index is 792. The first-order chi connectivity index (χ1) is 11.2. The molecule has 3 N–H and O–H groups in total. The Morgan fingerprint density at radius 1 is 1.17 bits per heavy atom. The molecule has 0 amide bonds. The third-order valence-electron chi connectivity index (χ3n) is 3.55. The summed E-state index contributed by atoms with van der Waals surface area (Å²) in [4.78, 5) is 3.64. The Hall–Kier alpha value is -2.61. The molecule has 8 heteroatoms. The van der Waals surface area contributed by atoms with Crippen LogP contribution in [0.5, 0.6) is 5.75 Å². The van der Waals surface area contributed by atoms with Crippen molar-refractivity contribution in [3.63, 3.8) is 0 Å². The molecule has 3 rings (SSSR count). The molecule has 1 heterocycles. The highest BCUT2D eigenvalue weighted by atomic mass is 19.4. The minimum absolute atomic E-state index is 0.204. The number of rotatable bonds is 2. The first kappa shape index (κ1) is 16.3. The second-order valence-electron chi connectivity index (χ2n) is 5.24. The minimum Gasteiger partial charge on any atom is -0.440 e. The predicted octanol–water partition coefficient (Wildman–Crippen LogP) is 3.16. The van der Waals surface area contributed by atoms with E-state index >= 15 is 0 Å². The molecule has 0 bridgehead atoms. The van der Waals surface area contributed by atoms with Gasteiger partial charge in [0.25, 0.3) is 0 Å². The van der Waals surface area contributed by atoms with E-state index in [1.54, 1.807) is 30.3 Å². The summed E-state index contributed by atoms with van der Waals surface area (Å²) in [6, 6.07) is 10.5. The fourth-order valence-electron chi connectivity index (χ4n) is 2.36. The summed E-state index contributed by atoms with van der Waals surface area (Å²) < 4.78 is 57.7. The molecule has 0 aromatic heterocycles. The van der Waals surface area contributed by atoms with E-state index < -0.39 is 29.4 Å². The number of ether oxygens (including phenoxy) is 1. The van der Waals surface area contributed by atoms with Crippen molar-refractivity contribution in [2.24, 2.45) is 10.7 Å². The smallest absolute Gasteiger partial charge is 0.416 e. The molecule has 0 fully saturated rings. The molecule has 1 aliphatic rings. The maximum atomic E-state index is 14.5. The molecule has 0 saturated heterocycles. The van der Waals surface area contributed by atoms with Gasteiger partial charge in [-0.05, 0) is 18.2 Å². The molecule has 2 atom stereocenters. The minimum atomic E-state index is -4.64. The summed E-state index contributed by atoms with van der Waals surface area (Å²) in [5.74, 6) is -3.14. The summed E-state index contributed by atoms with van der Waals surface area (Å²) in [5.41, 5.74) is 4.65. The SMILES string of the molecule is N/C(=N\C1(O)Oc2ccc(C(F)(F)F)cc2C1F)c1ccccc1. The Labute approximate surface area is 134 Å². The summed E-state index contributed by atoms with van der Waals surface area (Å²) in [5, 5.41) is 10.3. The van der Waals surface area contributed by atoms with Gasteiger partial charge >= 0.3 is 12.1 Å². The van der Waals surface area contributed by atoms with Gasteiger partial charge in [0.15, 0.2) is 0 Å². The fourth-order valence-corrected chi connectivity index (χ4v) is 2.36. The number of nitrogens with two attached hydrogens (primary N) is 1. The zero-order valence-corrected chi connectivity index (χ0v) is 12.1. The molecule has 1 aliphatic heterocycles. The zero-order valence-electron chi connectivity index (χ0n) is 12.1. The first-order valence-electron chi connectivity index (χ1n) is 6.88. The van der Waals surface area contributed by atoms with Crippen LogP contribution in [0.2, 0.25) is 0 Å². The molecule has 24 heavy (non-hydrogen) atoms. The van der Waals surface area contributed by atoms with Crippen molar-refractivity contribution in [3.05, 3.63) is 65.2 Å². The number of halogens is 4. The lowest BCUT2D eigenvalue weighted by Gasteiger charge is -2.20. The molecule has 2 aromatic rings. The van der Waals surface area contributed by atoms with Crippen LogP contribution < -0.4 is 10.5 Å². The number of nitrogens with zero attached hydrogens (tertiary/aromatic N) is 1. The molecule has 0 spiro atoms. The second-order valence-corrected chi connectivity index (χ2v) is 5.24. The lowest BCUT2D eigenvalue weighted by molar-refractivity contribution is -0.160. The van der Waals surface area contributed by atoms with Crippen molar-refractivity contribution in [2.75, 3.05) is 0 Å². The number of hydrogen-bond donors (Lipinski definition) is 2. The molecule has 0 saturated carbocycles. The average Bonchev–Trinajstić information content (AvgIpc) is 2.78. The Morgan fingerprint density at radius 3 is 2.46 bits per heavy atom. The number of benzene rings is 2. The Morgan fingerprint density at radius 2 is 1.83 bits per heavy atom. The number of amidine groups is 1. The summed E-state index contributed by atoms with van der Waals surface area (Å²) in [7, 11) is 0. The van der Waals surface area contributed by atoms with E-state index in [-0.39, 0.29) is 11.6 Å². The van der Waals surface area contributed by atoms with E-state index in [0.29, 0.717) is 11.6 Å². The maximum Gasteiger partial charge on any atom is 0.416 e. The number of alkyl halides is 4. The number of hydrogen-bond acceptors (Lipinski definition) is 3. The number of aliphatic imine (C=N–C) groups is 1. The van der Waals surface area contributed by atoms with Crippen molar-refractivity contribution in [1.82, 2.24) is 0 Å². The van der Waals surface area contributed by atoms with Crippen molar-refractivity contribution in [2.45, 2.75) is 18.3 Å². The Balaban J connectivity index is 1.96. The van der Waals surface area contributed by atoms with Gasteiger partial charge in [-0.25, -0.2) is 4.39 Å². The van der Waals surface area contributed by atoms with Gasteiger partial charge in [-0.2, -0.15) is 18.2 Å². The van der Waals surface area contributed by atoms with Crippen LogP contribution in [0, 0.1) is 0 Å². The van der Waals surface area contributed by atoms with Gasteiger partial charge < -0.3 is 15.6 Å². The van der Waals surface area contributed by atoms with Gasteiger partial charge in [0.2, 0.25) is 6.17 Å². The van der Waals surface area contributed by atoms with E-state index in [1.807, 2.05) is 0 Å². The number of fused-ring (bicyclic) bond motifs is 1. The van der Waals surface area contributed by atoms with E-state index in [0.717, 1.165) is 12.1 Å². The topological polar surface area (TPSA) is 67.8 Å². The Kier molecular flexibility index (Phi) is 3.71. The van der Waals surface area contributed by atoms with E-state index in [4.69, 9.17) is 10.5 Å². The van der Waals surface area contributed by atoms with E-state index in [2.05, 4.69) is 4.99 Å². The highest BCUT2D eigenvalue weighted by molar-refractivity contribution is 5.97. The molecule has 4 nitrogen and oxygen atoms in total. The van der Waals surface area contributed by atoms with Crippen LogP contribution in [0.4, 0.5) is 17.6 Å². The maximum absolute atomic E-state index is 14.5. The van der Waals surface area contributed by atoms with Crippen molar-refractivity contribution in [1.29, 1.82) is 0 Å². The average molecular weight is 340 g/mol. The lowest BCUT2D eigenvalue weighted by atomic mass is 10.1. The molecule has 0 aliphatic carbocycles. The molecule has 2 unspecified atom stereocenters. The van der Waals surface area contributed by atoms with E-state index in [1.165, 1.54) is 0 Å². The second kappa shape index (κ2) is 5.48. The van der Waals surface area contributed by atoms with Crippen molar-refractivity contribution < 1.29 is 27.4 Å². The highest BCUT2D eigenvalue weighted by Crippen LogP contribution is 2.47. The van der Waals surface area contributed by atoms with Gasteiger partial charge in [-0.15, -0.1) is 0 Å². The normalized spacial score (nSPS) is 23.7. The third-order valence-corrected chi connectivity index (χ3v) is 3.55. The molecule has 0 radical (unpaired) electrons. The van der Waals surface area contributed by atoms with E-state index in [9.17, 15) is 22.7 Å². The molecule has 126 valence electrons. The van der Waals surface area contributed by atoms with Gasteiger partial charge in [0.1, 0.15) is 11.6 Å². The van der Waals surface area contributed by atoms with Gasteiger partial charge in [0, 0.05) is 11.1 Å². The monoisotopic (exact) mass is 340 g/mol. The van der Waals surface area contributed by atoms with Crippen molar-refractivity contribution in [3.8, 4) is 5.75 Å². The predicted molar refractivity (Wildman–Crippen MR) is 78.0 cm³/mol. The van der Waals surface area contributed by atoms with Gasteiger partial charge in [-0.1, -0.05) is 30.3 Å².